The number of thiocarbonyl (C=S) groups is 1. The number of para-hydroxylation sites is 1. The van der Waals surface area contributed by atoms with Crippen LogP contribution in [0.5, 0.6) is 5.88 Å². The summed E-state index contributed by atoms with van der Waals surface area (Å²) >= 11 is 6.00. The van der Waals surface area contributed by atoms with Crippen LogP contribution in [-0.2, 0) is 18.1 Å². The quantitative estimate of drug-likeness (QED) is 0.555. The van der Waals surface area contributed by atoms with E-state index in [0.717, 1.165) is 28.6 Å². The molecule has 2 unspecified atom stereocenters. The summed E-state index contributed by atoms with van der Waals surface area (Å²) in [4.78, 5) is 7.13. The summed E-state index contributed by atoms with van der Waals surface area (Å²) in [6.45, 7) is 0.884. The molecule has 3 N–H and O–H groups in total. The smallest absolute Gasteiger partial charge is 0.449 e. The number of nitrogens with two attached hydrogens (primary N) is 1. The summed E-state index contributed by atoms with van der Waals surface area (Å²) in [5.41, 5.74) is 8.58. The van der Waals surface area contributed by atoms with Gasteiger partial charge in [-0.25, -0.2) is 4.98 Å². The average Bonchev–Trinajstić information content (AvgIpc) is 3.38. The fraction of sp³-hybridized carbons (Fsp3) is 0.304. The van der Waals surface area contributed by atoms with Gasteiger partial charge in [0, 0.05) is 30.9 Å². The maximum Gasteiger partial charge on any atom is 0.449 e. The van der Waals surface area contributed by atoms with E-state index in [1.807, 2.05) is 35.2 Å². The van der Waals surface area contributed by atoms with Crippen LogP contribution in [0.2, 0.25) is 0 Å². The number of ether oxygens (including phenoxy) is 1. The number of aromatic nitrogens is 1. The van der Waals surface area contributed by atoms with Gasteiger partial charge < -0.3 is 25.1 Å². The predicted octanol–water partition coefficient (Wildman–Crippen LogP) is 3.94. The Kier molecular flexibility index (Phi) is 5.19. The van der Waals surface area contributed by atoms with E-state index in [0.29, 0.717) is 24.0 Å². The van der Waals surface area contributed by atoms with Gasteiger partial charge in [-0.2, -0.15) is 13.2 Å². The van der Waals surface area contributed by atoms with Gasteiger partial charge in [-0.15, -0.1) is 0 Å². The lowest BCUT2D eigenvalue weighted by molar-refractivity contribution is -0.153. The minimum absolute atomic E-state index is 0.0628. The molecule has 1 aromatic carbocycles. The van der Waals surface area contributed by atoms with Gasteiger partial charge in [-0.1, -0.05) is 36.5 Å². The van der Waals surface area contributed by atoms with Crippen molar-refractivity contribution in [3.8, 4) is 5.88 Å². The molecule has 6 nitrogen and oxygen atoms in total. The van der Waals surface area contributed by atoms with Crippen molar-refractivity contribution >= 4 is 22.9 Å². The number of methoxy groups -OCH3 is 1. The fourth-order valence-corrected chi connectivity index (χ4v) is 5.16. The fourth-order valence-electron chi connectivity index (χ4n) is 4.72. The van der Waals surface area contributed by atoms with E-state index in [4.69, 9.17) is 32.1 Å². The Balaban J connectivity index is 1.63. The van der Waals surface area contributed by atoms with E-state index in [1.54, 1.807) is 13.2 Å². The van der Waals surface area contributed by atoms with Crippen LogP contribution >= 0.6 is 12.2 Å². The molecular formula is C23H21F3N4O2S. The van der Waals surface area contributed by atoms with Crippen molar-refractivity contribution in [2.24, 2.45) is 5.73 Å². The minimum Gasteiger partial charge on any atom is -0.481 e. The van der Waals surface area contributed by atoms with Crippen LogP contribution in [-0.4, -0.2) is 30.2 Å². The number of hydrogen-bond acceptors (Lipinski definition) is 6. The third kappa shape index (κ3) is 3.32. The molecule has 2 aromatic heterocycles. The standard InChI is InChI=1S/C23H21F3N4O2S/c1-31-19-9-7-14-16(10-27)28-12-22(20(14)29-19)15-4-2-3-5-17(15)30(21(22)33)11-13-6-8-18(32-13)23(24,25)26/h2-9,16,28H,10-12,27H2,1H3. The molecule has 1 spiro atoms. The van der Waals surface area contributed by atoms with Crippen molar-refractivity contribution < 1.29 is 22.3 Å². The lowest BCUT2D eigenvalue weighted by Gasteiger charge is -2.39. The van der Waals surface area contributed by atoms with Crippen molar-refractivity contribution in [2.75, 3.05) is 25.1 Å². The third-order valence-electron chi connectivity index (χ3n) is 6.26. The first-order chi connectivity index (χ1) is 15.8. The topological polar surface area (TPSA) is 76.6 Å². The molecule has 0 saturated heterocycles. The monoisotopic (exact) mass is 474 g/mol. The maximum absolute atomic E-state index is 13.1. The molecule has 0 amide bonds. The number of hydrogen-bond donors (Lipinski definition) is 2. The van der Waals surface area contributed by atoms with Crippen molar-refractivity contribution in [3.63, 3.8) is 0 Å². The first kappa shape index (κ1) is 21.9. The van der Waals surface area contributed by atoms with Gasteiger partial charge in [0.2, 0.25) is 11.6 Å². The molecule has 0 saturated carbocycles. The summed E-state index contributed by atoms with van der Waals surface area (Å²) in [5, 5.41) is 3.48. The number of pyridine rings is 1. The summed E-state index contributed by atoms with van der Waals surface area (Å²) in [5.74, 6) is -0.420. The highest BCUT2D eigenvalue weighted by molar-refractivity contribution is 7.80. The second kappa shape index (κ2) is 7.82. The third-order valence-corrected chi connectivity index (χ3v) is 6.83. The molecule has 2 atom stereocenters. The van der Waals surface area contributed by atoms with Crippen LogP contribution in [0.1, 0.15) is 34.4 Å². The second-order valence-corrected chi connectivity index (χ2v) is 8.42. The lowest BCUT2D eigenvalue weighted by atomic mass is 9.73. The van der Waals surface area contributed by atoms with Gasteiger partial charge >= 0.3 is 6.18 Å². The van der Waals surface area contributed by atoms with Gasteiger partial charge in [-0.05, 0) is 29.3 Å². The molecule has 0 aliphatic carbocycles. The van der Waals surface area contributed by atoms with Crippen molar-refractivity contribution in [3.05, 3.63) is 76.9 Å². The SMILES string of the molecule is COc1ccc2c(n1)C1(CNC2CN)C(=S)N(Cc2ccc(C(F)(F)F)o2)c2ccccc21. The highest BCUT2D eigenvalue weighted by Crippen LogP contribution is 2.50. The summed E-state index contributed by atoms with van der Waals surface area (Å²) in [6, 6.07) is 13.5. The van der Waals surface area contributed by atoms with Gasteiger partial charge in [0.05, 0.1) is 19.3 Å². The van der Waals surface area contributed by atoms with Crippen LogP contribution in [0.15, 0.2) is 52.9 Å². The van der Waals surface area contributed by atoms with Crippen LogP contribution in [0.25, 0.3) is 0 Å². The highest BCUT2D eigenvalue weighted by atomic mass is 32.1. The molecule has 2 aliphatic heterocycles. The van der Waals surface area contributed by atoms with Gasteiger partial charge in [0.1, 0.15) is 16.2 Å². The summed E-state index contributed by atoms with van der Waals surface area (Å²) in [6.07, 6.45) is -4.55. The zero-order chi connectivity index (χ0) is 23.4. The number of halogens is 3. The summed E-state index contributed by atoms with van der Waals surface area (Å²) in [7, 11) is 1.55. The van der Waals surface area contributed by atoms with Crippen molar-refractivity contribution in [1.82, 2.24) is 10.3 Å². The van der Waals surface area contributed by atoms with E-state index in [9.17, 15) is 13.2 Å². The van der Waals surface area contributed by atoms with Gasteiger partial charge in [-0.3, -0.25) is 0 Å². The Hall–Kier alpha value is -2.95. The highest BCUT2D eigenvalue weighted by Gasteiger charge is 2.53. The van der Waals surface area contributed by atoms with Crippen LogP contribution < -0.4 is 20.7 Å². The Morgan fingerprint density at radius 2 is 2.03 bits per heavy atom. The van der Waals surface area contributed by atoms with Gasteiger partial charge in [0.15, 0.2) is 0 Å². The number of anilines is 1. The zero-order valence-electron chi connectivity index (χ0n) is 17.6. The average molecular weight is 475 g/mol. The molecule has 4 heterocycles. The molecule has 0 fully saturated rings. The summed E-state index contributed by atoms with van der Waals surface area (Å²) < 4.78 is 49.6. The lowest BCUT2D eigenvalue weighted by Crippen LogP contribution is -2.53. The predicted molar refractivity (Wildman–Crippen MR) is 120 cm³/mol. The van der Waals surface area contributed by atoms with E-state index in [1.165, 1.54) is 6.07 Å². The number of alkyl halides is 3. The molecule has 0 bridgehead atoms. The van der Waals surface area contributed by atoms with Crippen LogP contribution in [0.3, 0.4) is 0 Å². The van der Waals surface area contributed by atoms with E-state index in [2.05, 4.69) is 5.32 Å². The van der Waals surface area contributed by atoms with Crippen molar-refractivity contribution in [1.29, 1.82) is 0 Å². The Morgan fingerprint density at radius 3 is 2.73 bits per heavy atom. The largest absolute Gasteiger partial charge is 0.481 e. The number of nitrogens with zero attached hydrogens (tertiary/aromatic N) is 2. The Morgan fingerprint density at radius 1 is 1.24 bits per heavy atom. The normalized spacial score (nSPS) is 21.9. The molecule has 2 aliphatic rings. The molecule has 172 valence electrons. The number of nitrogens with one attached hydrogen (secondary N) is 1. The van der Waals surface area contributed by atoms with E-state index < -0.39 is 17.4 Å². The van der Waals surface area contributed by atoms with E-state index >= 15 is 0 Å². The number of fused-ring (bicyclic) bond motifs is 4. The van der Waals surface area contributed by atoms with Crippen LogP contribution in [0.4, 0.5) is 18.9 Å². The Bertz CT molecular complexity index is 1230. The first-order valence-corrected chi connectivity index (χ1v) is 10.8. The molecule has 3 aromatic rings. The molecular weight excluding hydrogens is 453 g/mol. The number of rotatable bonds is 4. The molecule has 33 heavy (non-hydrogen) atoms. The second-order valence-electron chi connectivity index (χ2n) is 8.04. The van der Waals surface area contributed by atoms with Crippen molar-refractivity contribution in [2.45, 2.75) is 24.2 Å². The van der Waals surface area contributed by atoms with Crippen LogP contribution in [0, 0.1) is 0 Å². The maximum atomic E-state index is 13.1. The number of furan rings is 1. The Labute approximate surface area is 193 Å². The minimum atomic E-state index is -4.55. The number of benzene rings is 1. The molecule has 0 radical (unpaired) electrons. The molecule has 5 rings (SSSR count). The zero-order valence-corrected chi connectivity index (χ0v) is 18.5. The molecule has 10 heteroatoms. The van der Waals surface area contributed by atoms with Gasteiger partial charge in [0.25, 0.3) is 0 Å². The van der Waals surface area contributed by atoms with E-state index in [-0.39, 0.29) is 18.3 Å². The first-order valence-electron chi connectivity index (χ1n) is 10.4.